The van der Waals surface area contributed by atoms with Gasteiger partial charge in [0.2, 0.25) is 11.8 Å². The van der Waals surface area contributed by atoms with Crippen LogP contribution in [0.4, 0.5) is 5.69 Å². The second-order valence-electron chi connectivity index (χ2n) is 6.20. The van der Waals surface area contributed by atoms with Crippen molar-refractivity contribution in [2.24, 2.45) is 0 Å². The summed E-state index contributed by atoms with van der Waals surface area (Å²) in [6.45, 7) is 0. The largest absolute Gasteiger partial charge is 0.497 e. The van der Waals surface area contributed by atoms with Gasteiger partial charge in [-0.15, -0.1) is 0 Å². The summed E-state index contributed by atoms with van der Waals surface area (Å²) in [5.74, 6) is -0.310. The molecule has 0 aliphatic carbocycles. The van der Waals surface area contributed by atoms with Gasteiger partial charge in [0.05, 0.1) is 19.2 Å². The van der Waals surface area contributed by atoms with Crippen LogP contribution in [0.25, 0.3) is 0 Å². The van der Waals surface area contributed by atoms with Crippen LogP contribution in [0.1, 0.15) is 18.4 Å². The first-order valence-corrected chi connectivity index (χ1v) is 8.67. The van der Waals surface area contributed by atoms with Gasteiger partial charge in [0, 0.05) is 6.42 Å². The van der Waals surface area contributed by atoms with Crippen LogP contribution in [0.2, 0.25) is 0 Å². The zero-order valence-corrected chi connectivity index (χ0v) is 15.0. The number of nitrogens with zero attached hydrogens (tertiary/aromatic N) is 1. The van der Waals surface area contributed by atoms with Crippen molar-refractivity contribution in [2.75, 3.05) is 12.0 Å². The zero-order chi connectivity index (χ0) is 19.2. The Kier molecular flexibility index (Phi) is 5.83. The van der Waals surface area contributed by atoms with E-state index in [0.29, 0.717) is 17.9 Å². The number of aryl methyl sites for hydroxylation is 1. The van der Waals surface area contributed by atoms with Gasteiger partial charge in [0.1, 0.15) is 11.8 Å². The molecule has 27 heavy (non-hydrogen) atoms. The van der Waals surface area contributed by atoms with Crippen molar-refractivity contribution in [3.63, 3.8) is 0 Å². The third kappa shape index (κ3) is 4.51. The van der Waals surface area contributed by atoms with Crippen molar-refractivity contribution in [3.05, 3.63) is 60.2 Å². The van der Waals surface area contributed by atoms with E-state index in [1.54, 1.807) is 31.4 Å². The molecule has 0 radical (unpaired) electrons. The van der Waals surface area contributed by atoms with Crippen molar-refractivity contribution in [3.8, 4) is 5.75 Å². The molecule has 0 bridgehead atoms. The van der Waals surface area contributed by atoms with E-state index in [9.17, 15) is 14.4 Å². The van der Waals surface area contributed by atoms with Gasteiger partial charge in [-0.25, -0.2) is 10.3 Å². The molecule has 140 valence electrons. The first-order valence-electron chi connectivity index (χ1n) is 8.67. The van der Waals surface area contributed by atoms with Gasteiger partial charge >= 0.3 is 0 Å². The molecule has 7 nitrogen and oxygen atoms in total. The van der Waals surface area contributed by atoms with Crippen LogP contribution in [0.5, 0.6) is 5.75 Å². The molecule has 3 rings (SSSR count). The van der Waals surface area contributed by atoms with Crippen LogP contribution < -0.4 is 20.5 Å². The molecule has 0 spiro atoms. The fraction of sp³-hybridized carbons (Fsp3) is 0.250. The number of methoxy groups -OCH3 is 1. The third-order valence-electron chi connectivity index (χ3n) is 4.35. The number of rotatable bonds is 7. The van der Waals surface area contributed by atoms with Crippen LogP contribution in [0, 0.1) is 0 Å². The van der Waals surface area contributed by atoms with Gasteiger partial charge in [-0.2, -0.15) is 0 Å². The fourth-order valence-corrected chi connectivity index (χ4v) is 2.88. The maximum absolute atomic E-state index is 12.5. The van der Waals surface area contributed by atoms with Crippen molar-refractivity contribution in [1.29, 1.82) is 0 Å². The highest BCUT2D eigenvalue weighted by molar-refractivity contribution is 6.22. The van der Waals surface area contributed by atoms with Crippen molar-refractivity contribution in [2.45, 2.75) is 25.3 Å². The fourth-order valence-electron chi connectivity index (χ4n) is 2.88. The van der Waals surface area contributed by atoms with Gasteiger partial charge in [-0.3, -0.25) is 19.8 Å². The molecule has 1 saturated heterocycles. The minimum Gasteiger partial charge on any atom is -0.497 e. The van der Waals surface area contributed by atoms with E-state index in [-0.39, 0.29) is 24.7 Å². The minimum atomic E-state index is -0.778. The number of hydrogen-bond acceptors (Lipinski definition) is 5. The van der Waals surface area contributed by atoms with Gasteiger partial charge in [-0.05, 0) is 36.2 Å². The average Bonchev–Trinajstić information content (AvgIpc) is 2.99. The first kappa shape index (κ1) is 18.6. The Morgan fingerprint density at radius 3 is 2.48 bits per heavy atom. The molecule has 2 aromatic rings. The number of benzene rings is 2. The van der Waals surface area contributed by atoms with Crippen LogP contribution in [-0.2, 0) is 20.8 Å². The quantitative estimate of drug-likeness (QED) is 0.573. The molecule has 1 atom stereocenters. The molecule has 2 aromatic carbocycles. The summed E-state index contributed by atoms with van der Waals surface area (Å²) in [6, 6.07) is 15.5. The molecule has 2 N–H and O–H groups in total. The zero-order valence-electron chi connectivity index (χ0n) is 15.0. The number of carbonyl (C=O) groups excluding carboxylic acids is 3. The number of anilines is 1. The average molecular weight is 367 g/mol. The summed E-state index contributed by atoms with van der Waals surface area (Å²) < 4.78 is 5.08. The highest BCUT2D eigenvalue weighted by Crippen LogP contribution is 2.24. The van der Waals surface area contributed by atoms with Crippen molar-refractivity contribution >= 4 is 23.4 Å². The van der Waals surface area contributed by atoms with Crippen LogP contribution in [0.15, 0.2) is 54.6 Å². The highest BCUT2D eigenvalue weighted by Gasteiger charge is 2.39. The van der Waals surface area contributed by atoms with Gasteiger partial charge < -0.3 is 4.74 Å². The van der Waals surface area contributed by atoms with Gasteiger partial charge in [0.15, 0.2) is 0 Å². The number of nitrogens with one attached hydrogen (secondary N) is 2. The Morgan fingerprint density at radius 2 is 1.81 bits per heavy atom. The van der Waals surface area contributed by atoms with E-state index < -0.39 is 11.9 Å². The predicted molar refractivity (Wildman–Crippen MR) is 99.9 cm³/mol. The molecule has 1 heterocycles. The molecule has 0 aromatic heterocycles. The van der Waals surface area contributed by atoms with Crippen LogP contribution >= 0.6 is 0 Å². The van der Waals surface area contributed by atoms with Crippen LogP contribution in [0.3, 0.4) is 0 Å². The standard InChI is InChI=1S/C20H21N3O4/c1-27-16-10-8-15(9-11-16)23-19(25)13-17(20(23)26)21-22-18(24)12-7-14-5-3-2-4-6-14/h2-6,8-11,17,21H,7,12-13H2,1H3,(H,22,24). The van der Waals surface area contributed by atoms with E-state index in [0.717, 1.165) is 10.5 Å². The lowest BCUT2D eigenvalue weighted by Gasteiger charge is -2.16. The third-order valence-corrected chi connectivity index (χ3v) is 4.35. The predicted octanol–water partition coefficient (Wildman–Crippen LogP) is 1.58. The summed E-state index contributed by atoms with van der Waals surface area (Å²) in [5, 5.41) is 0. The Hall–Kier alpha value is -3.19. The number of imide groups is 1. The highest BCUT2D eigenvalue weighted by atomic mass is 16.5. The molecule has 1 fully saturated rings. The summed E-state index contributed by atoms with van der Waals surface area (Å²) in [4.78, 5) is 37.9. The maximum atomic E-state index is 12.5. The molecule has 1 unspecified atom stereocenters. The molecule has 0 saturated carbocycles. The first-order chi connectivity index (χ1) is 13.1. The molecule has 1 aliphatic heterocycles. The van der Waals surface area contributed by atoms with Crippen molar-refractivity contribution in [1.82, 2.24) is 10.9 Å². The van der Waals surface area contributed by atoms with E-state index in [1.807, 2.05) is 30.3 Å². The van der Waals surface area contributed by atoms with E-state index in [2.05, 4.69) is 10.9 Å². The van der Waals surface area contributed by atoms with E-state index in [1.165, 1.54) is 0 Å². The molecular weight excluding hydrogens is 346 g/mol. The Bertz CT molecular complexity index is 821. The molecule has 3 amide bonds. The summed E-state index contributed by atoms with van der Waals surface area (Å²) >= 11 is 0. The molecular formula is C20H21N3O4. The SMILES string of the molecule is COc1ccc(N2C(=O)CC(NNC(=O)CCc3ccccc3)C2=O)cc1. The Labute approximate surface area is 157 Å². The van der Waals surface area contributed by atoms with Gasteiger partial charge in [-0.1, -0.05) is 30.3 Å². The Balaban J connectivity index is 1.52. The summed E-state index contributed by atoms with van der Waals surface area (Å²) in [5.41, 5.74) is 6.75. The lowest BCUT2D eigenvalue weighted by atomic mass is 10.1. The number of carbonyl (C=O) groups is 3. The summed E-state index contributed by atoms with van der Waals surface area (Å²) in [7, 11) is 1.54. The topological polar surface area (TPSA) is 87.7 Å². The maximum Gasteiger partial charge on any atom is 0.253 e. The van der Waals surface area contributed by atoms with Gasteiger partial charge in [0.25, 0.3) is 5.91 Å². The second kappa shape index (κ2) is 8.46. The minimum absolute atomic E-state index is 0.0101. The van der Waals surface area contributed by atoms with E-state index >= 15 is 0 Å². The van der Waals surface area contributed by atoms with E-state index in [4.69, 9.17) is 4.74 Å². The lowest BCUT2D eigenvalue weighted by molar-refractivity contribution is -0.123. The van der Waals surface area contributed by atoms with Crippen LogP contribution in [-0.4, -0.2) is 30.9 Å². The lowest BCUT2D eigenvalue weighted by Crippen LogP contribution is -2.48. The second-order valence-corrected chi connectivity index (χ2v) is 6.20. The Morgan fingerprint density at radius 1 is 1.11 bits per heavy atom. The monoisotopic (exact) mass is 367 g/mol. The molecule has 7 heteroatoms. The van der Waals surface area contributed by atoms with Crippen molar-refractivity contribution < 1.29 is 19.1 Å². The number of hydrogen-bond donors (Lipinski definition) is 2. The smallest absolute Gasteiger partial charge is 0.253 e. The number of hydrazine groups is 1. The summed E-state index contributed by atoms with van der Waals surface area (Å²) in [6.07, 6.45) is 0.877. The number of ether oxygens (including phenoxy) is 1. The number of amides is 3. The normalized spacial score (nSPS) is 16.5. The molecule has 1 aliphatic rings.